The van der Waals surface area contributed by atoms with Crippen molar-refractivity contribution in [1.82, 2.24) is 0 Å². The van der Waals surface area contributed by atoms with Crippen molar-refractivity contribution in [2.24, 2.45) is 0 Å². The van der Waals surface area contributed by atoms with Gasteiger partial charge in [0.05, 0.1) is 34.2 Å². The summed E-state index contributed by atoms with van der Waals surface area (Å²) in [5, 5.41) is 0.284. The summed E-state index contributed by atoms with van der Waals surface area (Å²) in [5.74, 6) is 0.541. The zero-order valence-corrected chi connectivity index (χ0v) is 18.8. The first-order valence-corrected chi connectivity index (χ1v) is 12.5. The zero-order valence-electron chi connectivity index (χ0n) is 16.4. The first-order valence-electron chi connectivity index (χ1n) is 9.03. The Morgan fingerprint density at radius 3 is 2.31 bits per heavy atom. The number of sulfonamides is 2. The molecule has 29 heavy (non-hydrogen) atoms. The quantitative estimate of drug-likeness (QED) is 0.737. The third-order valence-corrected chi connectivity index (χ3v) is 8.61. The molecule has 1 saturated heterocycles. The summed E-state index contributed by atoms with van der Waals surface area (Å²) in [7, 11) is -5.81. The normalized spacial score (nSPS) is 16.5. The zero-order chi connectivity index (χ0) is 21.4. The predicted octanol–water partition coefficient (Wildman–Crippen LogP) is 3.70. The average Bonchev–Trinajstić information content (AvgIpc) is 2.60. The van der Waals surface area contributed by atoms with Crippen LogP contribution in [0.3, 0.4) is 0 Å². The second kappa shape index (κ2) is 8.04. The van der Waals surface area contributed by atoms with Crippen LogP contribution in [0.4, 0.5) is 11.4 Å². The number of hydrogen-bond donors (Lipinski definition) is 1. The molecule has 158 valence electrons. The highest BCUT2D eigenvalue weighted by Gasteiger charge is 2.28. The summed E-state index contributed by atoms with van der Waals surface area (Å²) in [6.45, 7) is 3.71. The van der Waals surface area contributed by atoms with E-state index in [1.807, 2.05) is 0 Å². The van der Waals surface area contributed by atoms with Crippen LogP contribution in [0.15, 0.2) is 35.2 Å². The van der Waals surface area contributed by atoms with Crippen LogP contribution < -0.4 is 13.8 Å². The van der Waals surface area contributed by atoms with E-state index in [0.29, 0.717) is 41.2 Å². The van der Waals surface area contributed by atoms with E-state index in [2.05, 4.69) is 4.72 Å². The molecule has 1 aliphatic rings. The molecule has 1 aliphatic heterocycles. The van der Waals surface area contributed by atoms with Gasteiger partial charge in [0, 0.05) is 6.54 Å². The smallest absolute Gasteiger partial charge is 0.262 e. The van der Waals surface area contributed by atoms with Crippen LogP contribution >= 0.6 is 11.6 Å². The Morgan fingerprint density at radius 1 is 1.10 bits per heavy atom. The molecule has 0 radical (unpaired) electrons. The van der Waals surface area contributed by atoms with Crippen LogP contribution in [-0.4, -0.2) is 36.2 Å². The molecule has 0 amide bonds. The minimum absolute atomic E-state index is 0.102. The Bertz CT molecular complexity index is 1120. The van der Waals surface area contributed by atoms with Gasteiger partial charge >= 0.3 is 0 Å². The topological polar surface area (TPSA) is 92.8 Å². The van der Waals surface area contributed by atoms with Gasteiger partial charge in [-0.15, -0.1) is 0 Å². The second-order valence-electron chi connectivity index (χ2n) is 6.96. The van der Waals surface area contributed by atoms with Crippen molar-refractivity contribution in [2.75, 3.05) is 28.4 Å². The largest absolute Gasteiger partial charge is 0.495 e. The molecular weight excluding hydrogens is 436 g/mol. The SMILES string of the molecule is COc1ccc(NS(=O)(=O)c2c(C)cc(N3CCCCS3(=O)=O)cc2C)cc1Cl. The number of nitrogens with one attached hydrogen (secondary N) is 1. The van der Waals surface area contributed by atoms with Gasteiger partial charge in [-0.05, 0) is 68.1 Å². The first-order chi connectivity index (χ1) is 13.5. The fourth-order valence-corrected chi connectivity index (χ4v) is 6.90. The maximum Gasteiger partial charge on any atom is 0.262 e. The van der Waals surface area contributed by atoms with Crippen LogP contribution in [0.5, 0.6) is 5.75 Å². The number of halogens is 1. The monoisotopic (exact) mass is 458 g/mol. The number of aryl methyl sites for hydroxylation is 2. The number of benzene rings is 2. The van der Waals surface area contributed by atoms with Crippen molar-refractivity contribution in [3.8, 4) is 5.75 Å². The maximum atomic E-state index is 13.0. The number of ether oxygens (including phenoxy) is 1. The van der Waals surface area contributed by atoms with Crippen LogP contribution in [0.1, 0.15) is 24.0 Å². The Morgan fingerprint density at radius 2 is 1.76 bits per heavy atom. The van der Waals surface area contributed by atoms with Gasteiger partial charge in [-0.1, -0.05) is 11.6 Å². The number of methoxy groups -OCH3 is 1. The van der Waals surface area contributed by atoms with Crippen molar-refractivity contribution >= 4 is 43.0 Å². The van der Waals surface area contributed by atoms with Crippen LogP contribution in [0.2, 0.25) is 5.02 Å². The van der Waals surface area contributed by atoms with Crippen molar-refractivity contribution in [1.29, 1.82) is 0 Å². The lowest BCUT2D eigenvalue weighted by molar-refractivity contribution is 0.415. The molecule has 7 nitrogen and oxygen atoms in total. The van der Waals surface area contributed by atoms with E-state index in [-0.39, 0.29) is 15.7 Å². The minimum atomic E-state index is -3.90. The fraction of sp³-hybridized carbons (Fsp3) is 0.368. The molecule has 0 aromatic heterocycles. The summed E-state index contributed by atoms with van der Waals surface area (Å²) in [4.78, 5) is 0.114. The third kappa shape index (κ3) is 4.46. The maximum absolute atomic E-state index is 13.0. The highest BCUT2D eigenvalue weighted by atomic mass is 35.5. The van der Waals surface area contributed by atoms with Crippen molar-refractivity contribution in [3.63, 3.8) is 0 Å². The van der Waals surface area contributed by atoms with Gasteiger partial charge in [-0.25, -0.2) is 16.8 Å². The molecule has 0 atom stereocenters. The molecule has 1 heterocycles. The van der Waals surface area contributed by atoms with E-state index in [9.17, 15) is 16.8 Å². The lowest BCUT2D eigenvalue weighted by atomic mass is 10.1. The van der Waals surface area contributed by atoms with Crippen LogP contribution in [0, 0.1) is 13.8 Å². The van der Waals surface area contributed by atoms with Crippen molar-refractivity contribution in [3.05, 3.63) is 46.5 Å². The van der Waals surface area contributed by atoms with Gasteiger partial charge in [0.1, 0.15) is 5.75 Å². The van der Waals surface area contributed by atoms with Crippen molar-refractivity contribution < 1.29 is 21.6 Å². The average molecular weight is 459 g/mol. The Balaban J connectivity index is 1.97. The Hall–Kier alpha value is -1.97. The summed E-state index contributed by atoms with van der Waals surface area (Å²) < 4.78 is 59.7. The van der Waals surface area contributed by atoms with Gasteiger partial charge in [0.15, 0.2) is 0 Å². The summed E-state index contributed by atoms with van der Waals surface area (Å²) in [6.07, 6.45) is 1.41. The van der Waals surface area contributed by atoms with Gasteiger partial charge in [-0.2, -0.15) is 0 Å². The van der Waals surface area contributed by atoms with E-state index in [1.165, 1.54) is 17.5 Å². The molecule has 0 spiro atoms. The molecule has 1 fully saturated rings. The fourth-order valence-electron chi connectivity index (χ4n) is 3.51. The van der Waals surface area contributed by atoms with E-state index < -0.39 is 20.0 Å². The summed E-state index contributed by atoms with van der Waals surface area (Å²) in [6, 6.07) is 7.81. The Labute approximate surface area is 176 Å². The number of hydrogen-bond acceptors (Lipinski definition) is 5. The van der Waals surface area contributed by atoms with Gasteiger partial charge in [-0.3, -0.25) is 9.03 Å². The molecule has 0 bridgehead atoms. The second-order valence-corrected chi connectivity index (χ2v) is 11.0. The standard InChI is InChI=1S/C19H23ClN2O5S2/c1-13-10-16(22-8-4-5-9-28(22,23)24)11-14(2)19(13)29(25,26)21-15-6-7-18(27-3)17(20)12-15/h6-7,10-12,21H,4-5,8-9H2,1-3H3. The minimum Gasteiger partial charge on any atom is -0.495 e. The molecule has 3 rings (SSSR count). The highest BCUT2D eigenvalue weighted by molar-refractivity contribution is 7.93. The summed E-state index contributed by atoms with van der Waals surface area (Å²) in [5.41, 5.74) is 1.73. The van der Waals surface area contributed by atoms with Gasteiger partial charge in [0.25, 0.3) is 10.0 Å². The molecule has 2 aromatic carbocycles. The highest BCUT2D eigenvalue weighted by Crippen LogP contribution is 2.32. The Kier molecular flexibility index (Phi) is 6.03. The van der Waals surface area contributed by atoms with E-state index in [1.54, 1.807) is 38.1 Å². The molecular formula is C19H23ClN2O5S2. The lowest BCUT2D eigenvalue weighted by Gasteiger charge is -2.29. The number of anilines is 2. The van der Waals surface area contributed by atoms with Gasteiger partial charge < -0.3 is 4.74 Å². The van der Waals surface area contributed by atoms with Crippen LogP contribution in [-0.2, 0) is 20.0 Å². The predicted molar refractivity (Wildman–Crippen MR) is 115 cm³/mol. The molecule has 2 aromatic rings. The lowest BCUT2D eigenvalue weighted by Crippen LogP contribution is -2.38. The van der Waals surface area contributed by atoms with Crippen molar-refractivity contribution in [2.45, 2.75) is 31.6 Å². The molecule has 10 heteroatoms. The summed E-state index contributed by atoms with van der Waals surface area (Å²) >= 11 is 6.08. The van der Waals surface area contributed by atoms with E-state index in [0.717, 1.165) is 6.42 Å². The molecule has 0 aliphatic carbocycles. The number of nitrogens with zero attached hydrogens (tertiary/aromatic N) is 1. The molecule has 1 N–H and O–H groups in total. The molecule has 0 unspecified atom stereocenters. The molecule has 0 saturated carbocycles. The number of rotatable bonds is 5. The first kappa shape index (κ1) is 21.7. The van der Waals surface area contributed by atoms with E-state index in [4.69, 9.17) is 16.3 Å². The van der Waals surface area contributed by atoms with E-state index >= 15 is 0 Å². The van der Waals surface area contributed by atoms with Gasteiger partial charge in [0.2, 0.25) is 10.0 Å². The van der Waals surface area contributed by atoms with Crippen LogP contribution in [0.25, 0.3) is 0 Å². The third-order valence-electron chi connectivity index (χ3n) is 4.76.